The molecule has 1 aromatic rings. The second kappa shape index (κ2) is 5.51. The summed E-state index contributed by atoms with van der Waals surface area (Å²) in [5.41, 5.74) is -1.33. The quantitative estimate of drug-likeness (QED) is 0.820. The molecule has 0 atom stereocenters. The van der Waals surface area contributed by atoms with Crippen LogP contribution in [0.25, 0.3) is 0 Å². The highest BCUT2D eigenvalue weighted by molar-refractivity contribution is 9.10. The Balaban J connectivity index is 2.96. The van der Waals surface area contributed by atoms with Crippen LogP contribution < -0.4 is 5.32 Å². The predicted molar refractivity (Wildman–Crippen MR) is 56.4 cm³/mol. The van der Waals surface area contributed by atoms with E-state index in [-0.39, 0.29) is 4.47 Å². The lowest BCUT2D eigenvalue weighted by molar-refractivity contribution is -0.137. The second-order valence-electron chi connectivity index (χ2n) is 3.46. The van der Waals surface area contributed by atoms with E-state index >= 15 is 0 Å². The molecule has 0 aromatic carbocycles. The molecule has 1 aromatic heterocycles. The third kappa shape index (κ3) is 4.22. The van der Waals surface area contributed by atoms with Gasteiger partial charge >= 0.3 is 18.5 Å². The molecule has 1 rings (SSSR count). The molecule has 10 heteroatoms. The summed E-state index contributed by atoms with van der Waals surface area (Å²) in [6.07, 6.45) is -7.90. The van der Waals surface area contributed by atoms with E-state index in [9.17, 15) is 30.7 Å². The van der Waals surface area contributed by atoms with Crippen molar-refractivity contribution < 1.29 is 30.7 Å². The lowest BCUT2D eigenvalue weighted by atomic mass is 10.2. The van der Waals surface area contributed by atoms with Crippen LogP contribution in [0.15, 0.2) is 16.7 Å². The first-order chi connectivity index (χ1) is 8.54. The van der Waals surface area contributed by atoms with Gasteiger partial charge in [-0.05, 0) is 22.0 Å². The minimum atomic E-state index is -4.85. The Hall–Kier alpha value is -1.06. The lowest BCUT2D eigenvalue weighted by Crippen LogP contribution is -2.35. The number of aromatic nitrogens is 1. The van der Waals surface area contributed by atoms with Crippen LogP contribution in [0.4, 0.5) is 36.6 Å². The van der Waals surface area contributed by atoms with E-state index in [4.69, 9.17) is 0 Å². The molecule has 0 aliphatic rings. The van der Waals surface area contributed by atoms with Gasteiger partial charge in [-0.25, -0.2) is 13.8 Å². The summed E-state index contributed by atoms with van der Waals surface area (Å²) in [4.78, 5) is 3.25. The van der Waals surface area contributed by atoms with E-state index in [1.165, 1.54) is 0 Å². The Morgan fingerprint density at radius 3 is 2.26 bits per heavy atom. The molecule has 2 nitrogen and oxygen atoms in total. The molecule has 0 bridgehead atoms. The maximum Gasteiger partial charge on any atom is 0.419 e. The molecule has 0 radical (unpaired) electrons. The lowest BCUT2D eigenvalue weighted by Gasteiger charge is -2.18. The number of pyridine rings is 1. The van der Waals surface area contributed by atoms with Crippen molar-refractivity contribution in [2.45, 2.75) is 18.5 Å². The average Bonchev–Trinajstić information content (AvgIpc) is 2.26. The van der Waals surface area contributed by atoms with Gasteiger partial charge in [0.25, 0.3) is 0 Å². The van der Waals surface area contributed by atoms with E-state index < -0.39 is 36.5 Å². The van der Waals surface area contributed by atoms with Crippen molar-refractivity contribution in [3.8, 4) is 0 Å². The van der Waals surface area contributed by atoms with Crippen LogP contribution in [-0.4, -0.2) is 23.9 Å². The maximum atomic E-state index is 12.6. The summed E-state index contributed by atoms with van der Waals surface area (Å²) in [6.45, 7) is -1.65. The zero-order valence-corrected chi connectivity index (χ0v) is 10.5. The monoisotopic (exact) mass is 354 g/mol. The Bertz CT molecular complexity index is 447. The fourth-order valence-corrected chi connectivity index (χ4v) is 1.41. The first kappa shape index (κ1) is 16.0. The number of hydrogen-bond donors (Lipinski definition) is 1. The summed E-state index contributed by atoms with van der Waals surface area (Å²) in [5.74, 6) is -5.38. The highest BCUT2D eigenvalue weighted by Crippen LogP contribution is 2.35. The van der Waals surface area contributed by atoms with Gasteiger partial charge in [0.2, 0.25) is 0 Å². The number of halogens is 8. The Labute approximate surface area is 111 Å². The van der Waals surface area contributed by atoms with Crippen molar-refractivity contribution >= 4 is 21.7 Å². The van der Waals surface area contributed by atoms with Crippen LogP contribution in [0.1, 0.15) is 5.56 Å². The van der Waals surface area contributed by atoms with Gasteiger partial charge in [0.05, 0.1) is 12.1 Å². The Morgan fingerprint density at radius 2 is 1.79 bits per heavy atom. The van der Waals surface area contributed by atoms with E-state index in [2.05, 4.69) is 20.9 Å². The van der Waals surface area contributed by atoms with Crippen LogP contribution in [0, 0.1) is 0 Å². The number of alkyl halides is 7. The zero-order valence-electron chi connectivity index (χ0n) is 8.91. The summed E-state index contributed by atoms with van der Waals surface area (Å²) in [7, 11) is 0. The second-order valence-corrected chi connectivity index (χ2v) is 4.38. The van der Waals surface area contributed by atoms with E-state index in [0.29, 0.717) is 6.07 Å². The van der Waals surface area contributed by atoms with E-state index in [1.807, 2.05) is 0 Å². The largest absolute Gasteiger partial charge is 0.419 e. The number of nitrogens with one attached hydrogen (secondary N) is 1. The minimum Gasteiger partial charge on any atom is -0.363 e. The molecular weight excluding hydrogens is 349 g/mol. The molecule has 1 N–H and O–H groups in total. The fraction of sp³-hybridized carbons (Fsp3) is 0.444. The molecule has 0 saturated carbocycles. The van der Waals surface area contributed by atoms with Crippen LogP contribution in [0.3, 0.4) is 0 Å². The van der Waals surface area contributed by atoms with Gasteiger partial charge in [-0.1, -0.05) is 0 Å². The number of rotatable bonds is 4. The van der Waals surface area contributed by atoms with Crippen molar-refractivity contribution in [2.24, 2.45) is 0 Å². The molecule has 0 spiro atoms. The Kier molecular flexibility index (Phi) is 4.64. The van der Waals surface area contributed by atoms with Gasteiger partial charge in [-0.3, -0.25) is 0 Å². The molecule has 0 aliphatic carbocycles. The standard InChI is InChI=1S/C9H6BrF7N2/c10-4-1-5(9(15,16)17)6(18-2-4)19-3-8(13,14)7(11)12/h1-2,7H,3H2,(H,18,19). The van der Waals surface area contributed by atoms with Gasteiger partial charge < -0.3 is 5.32 Å². The van der Waals surface area contributed by atoms with Gasteiger partial charge in [-0.15, -0.1) is 0 Å². The molecule has 19 heavy (non-hydrogen) atoms. The molecule has 108 valence electrons. The summed E-state index contributed by atoms with van der Waals surface area (Å²) in [5, 5.41) is 1.59. The molecule has 0 unspecified atom stereocenters. The highest BCUT2D eigenvalue weighted by Gasteiger charge is 2.41. The maximum absolute atomic E-state index is 12.6. The molecule has 0 fully saturated rings. The van der Waals surface area contributed by atoms with Crippen molar-refractivity contribution in [2.75, 3.05) is 11.9 Å². The van der Waals surface area contributed by atoms with Gasteiger partial charge in [0.15, 0.2) is 0 Å². The van der Waals surface area contributed by atoms with Gasteiger partial charge in [0.1, 0.15) is 5.82 Å². The predicted octanol–water partition coefficient (Wildman–Crippen LogP) is 4.18. The van der Waals surface area contributed by atoms with Crippen molar-refractivity contribution in [3.05, 3.63) is 22.3 Å². The first-order valence-electron chi connectivity index (χ1n) is 4.66. The molecule has 1 heterocycles. The number of nitrogens with zero attached hydrogens (tertiary/aromatic N) is 1. The molecular formula is C9H6BrF7N2. The average molecular weight is 355 g/mol. The minimum absolute atomic E-state index is 0.0222. The van der Waals surface area contributed by atoms with Crippen molar-refractivity contribution in [1.82, 2.24) is 4.98 Å². The molecule has 0 saturated heterocycles. The number of hydrogen-bond acceptors (Lipinski definition) is 2. The van der Waals surface area contributed by atoms with Gasteiger partial charge in [0, 0.05) is 10.7 Å². The summed E-state index contributed by atoms with van der Waals surface area (Å²) in [6, 6.07) is 0.607. The molecule has 0 amide bonds. The first-order valence-corrected chi connectivity index (χ1v) is 5.46. The van der Waals surface area contributed by atoms with Crippen LogP contribution >= 0.6 is 15.9 Å². The summed E-state index contributed by atoms with van der Waals surface area (Å²) >= 11 is 2.74. The van der Waals surface area contributed by atoms with Crippen LogP contribution in [-0.2, 0) is 6.18 Å². The third-order valence-electron chi connectivity index (χ3n) is 1.97. The Morgan fingerprint density at radius 1 is 1.21 bits per heavy atom. The third-order valence-corrected chi connectivity index (χ3v) is 2.40. The van der Waals surface area contributed by atoms with E-state index in [0.717, 1.165) is 6.20 Å². The number of anilines is 1. The normalized spacial score (nSPS) is 12.9. The SMILES string of the molecule is FC(F)C(F)(F)CNc1ncc(Br)cc1C(F)(F)F. The van der Waals surface area contributed by atoms with Crippen molar-refractivity contribution in [1.29, 1.82) is 0 Å². The highest BCUT2D eigenvalue weighted by atomic mass is 79.9. The smallest absolute Gasteiger partial charge is 0.363 e. The molecule has 0 aliphatic heterocycles. The van der Waals surface area contributed by atoms with Crippen LogP contribution in [0.2, 0.25) is 0 Å². The van der Waals surface area contributed by atoms with Gasteiger partial charge in [-0.2, -0.15) is 22.0 Å². The zero-order chi connectivity index (χ0) is 14.8. The summed E-state index contributed by atoms with van der Waals surface area (Å²) < 4.78 is 86.7. The topological polar surface area (TPSA) is 24.9 Å². The fourth-order valence-electron chi connectivity index (χ4n) is 1.07. The van der Waals surface area contributed by atoms with Crippen LogP contribution in [0.5, 0.6) is 0 Å². The van der Waals surface area contributed by atoms with E-state index in [1.54, 1.807) is 5.32 Å². The van der Waals surface area contributed by atoms with Crippen molar-refractivity contribution in [3.63, 3.8) is 0 Å².